The Morgan fingerprint density at radius 3 is 2.32 bits per heavy atom. The number of halogens is 1. The summed E-state index contributed by atoms with van der Waals surface area (Å²) in [6.07, 6.45) is 1.48. The molecule has 0 radical (unpaired) electrons. The van der Waals surface area contributed by atoms with Gasteiger partial charge in [-0.1, -0.05) is 72.3 Å². The third-order valence-electron chi connectivity index (χ3n) is 5.68. The maximum Gasteiger partial charge on any atom is 0.282 e. The van der Waals surface area contributed by atoms with E-state index in [1.807, 2.05) is 37.3 Å². The highest BCUT2D eigenvalue weighted by atomic mass is 35.5. The van der Waals surface area contributed by atoms with Crippen molar-refractivity contribution >= 4 is 49.6 Å². The summed E-state index contributed by atoms with van der Waals surface area (Å²) in [4.78, 5) is 13.3. The smallest absolute Gasteiger partial charge is 0.282 e. The molecule has 0 aliphatic heterocycles. The van der Waals surface area contributed by atoms with E-state index in [0.717, 1.165) is 16.3 Å². The molecule has 7 heteroatoms. The average Bonchev–Trinajstić information content (AvgIpc) is 2.84. The Morgan fingerprint density at radius 2 is 1.53 bits per heavy atom. The molecular formula is C27H19ClN2O3S. The lowest BCUT2D eigenvalue weighted by atomic mass is 9.92. The number of nitrogens with one attached hydrogen (secondary N) is 1. The van der Waals surface area contributed by atoms with E-state index >= 15 is 0 Å². The first kappa shape index (κ1) is 22.1. The highest BCUT2D eigenvalue weighted by molar-refractivity contribution is 7.90. The molecule has 0 fully saturated rings. The van der Waals surface area contributed by atoms with Gasteiger partial charge in [-0.05, 0) is 53.6 Å². The largest absolute Gasteiger partial charge is 0.352 e. The van der Waals surface area contributed by atoms with Gasteiger partial charge in [0.15, 0.2) is 0 Å². The number of rotatable bonds is 4. The minimum absolute atomic E-state index is 0.0849. The number of allylic oxidation sites excluding steroid dienone is 2. The van der Waals surface area contributed by atoms with Crippen LogP contribution in [0, 0.1) is 6.92 Å². The lowest BCUT2D eigenvalue weighted by Gasteiger charge is -2.19. The van der Waals surface area contributed by atoms with Crippen molar-refractivity contribution in [1.29, 1.82) is 0 Å². The molecule has 0 aromatic heterocycles. The monoisotopic (exact) mass is 486 g/mol. The fraction of sp³-hybridized carbons (Fsp3) is 0.0370. The Balaban J connectivity index is 1.62. The molecule has 4 aromatic rings. The Morgan fingerprint density at radius 1 is 0.824 bits per heavy atom. The molecule has 0 saturated carbocycles. The Kier molecular flexibility index (Phi) is 5.55. The van der Waals surface area contributed by atoms with Crippen LogP contribution in [-0.4, -0.2) is 19.9 Å². The van der Waals surface area contributed by atoms with Gasteiger partial charge in [0.2, 0.25) is 5.78 Å². The topological polar surface area (TPSA) is 75.6 Å². The van der Waals surface area contributed by atoms with E-state index in [1.165, 1.54) is 6.08 Å². The maximum absolute atomic E-state index is 13.3. The zero-order chi connectivity index (χ0) is 23.9. The summed E-state index contributed by atoms with van der Waals surface area (Å²) in [7, 11) is -4.04. The average molecular weight is 487 g/mol. The number of nitrogens with zero attached hydrogens (tertiary/aromatic N) is 1. The SMILES string of the molecule is Cc1ccc(Cl)cc1NC1=C/C(=N/S(=O)(=O)c2ccc3ccccc3c2)c2ccccc2C1=O. The van der Waals surface area contributed by atoms with E-state index in [1.54, 1.807) is 54.6 Å². The number of ketones is 1. The molecule has 5 rings (SSSR count). The first-order chi connectivity index (χ1) is 16.3. The van der Waals surface area contributed by atoms with E-state index in [9.17, 15) is 13.2 Å². The Labute approximate surface area is 202 Å². The fourth-order valence-corrected chi connectivity index (χ4v) is 5.09. The summed E-state index contributed by atoms with van der Waals surface area (Å²) in [6.45, 7) is 1.89. The quantitative estimate of drug-likeness (QED) is 0.374. The van der Waals surface area contributed by atoms with E-state index in [0.29, 0.717) is 21.8 Å². The number of aryl methyl sites for hydroxylation is 1. The molecule has 0 heterocycles. The van der Waals surface area contributed by atoms with E-state index in [-0.39, 0.29) is 22.1 Å². The molecular weight excluding hydrogens is 468 g/mol. The number of benzene rings is 4. The number of sulfonamides is 1. The van der Waals surface area contributed by atoms with Gasteiger partial charge in [0.25, 0.3) is 10.0 Å². The third kappa shape index (κ3) is 4.14. The lowest BCUT2D eigenvalue weighted by molar-refractivity contribution is 0.103. The highest BCUT2D eigenvalue weighted by Gasteiger charge is 2.26. The van der Waals surface area contributed by atoms with Crippen molar-refractivity contribution in [3.05, 3.63) is 118 Å². The van der Waals surface area contributed by atoms with Gasteiger partial charge < -0.3 is 5.32 Å². The lowest BCUT2D eigenvalue weighted by Crippen LogP contribution is -2.23. The first-order valence-corrected chi connectivity index (χ1v) is 12.4. The molecule has 1 aliphatic carbocycles. The van der Waals surface area contributed by atoms with Crippen LogP contribution in [0.2, 0.25) is 5.02 Å². The first-order valence-electron chi connectivity index (χ1n) is 10.5. The Bertz CT molecular complexity index is 1640. The summed E-state index contributed by atoms with van der Waals surface area (Å²) in [6, 6.07) is 24.6. The van der Waals surface area contributed by atoms with E-state index in [2.05, 4.69) is 9.71 Å². The molecule has 4 aromatic carbocycles. The highest BCUT2D eigenvalue weighted by Crippen LogP contribution is 2.28. The third-order valence-corrected chi connectivity index (χ3v) is 7.20. The molecule has 0 bridgehead atoms. The Hall–Kier alpha value is -3.74. The van der Waals surface area contributed by atoms with Crippen molar-refractivity contribution in [1.82, 2.24) is 0 Å². The van der Waals surface area contributed by atoms with Crippen molar-refractivity contribution in [3.8, 4) is 0 Å². The molecule has 168 valence electrons. The number of Topliss-reactive ketones (excluding diaryl/α,β-unsaturated/α-hetero) is 1. The van der Waals surface area contributed by atoms with Gasteiger partial charge >= 0.3 is 0 Å². The zero-order valence-corrected chi connectivity index (χ0v) is 19.7. The molecule has 0 saturated heterocycles. The second-order valence-corrected chi connectivity index (χ2v) is 10.0. The van der Waals surface area contributed by atoms with Gasteiger partial charge in [-0.2, -0.15) is 12.8 Å². The molecule has 0 spiro atoms. The number of fused-ring (bicyclic) bond motifs is 2. The minimum Gasteiger partial charge on any atom is -0.352 e. The summed E-state index contributed by atoms with van der Waals surface area (Å²) in [5.41, 5.74) is 2.79. The predicted octanol–water partition coefficient (Wildman–Crippen LogP) is 6.17. The number of hydrogen-bond acceptors (Lipinski definition) is 4. The van der Waals surface area contributed by atoms with E-state index in [4.69, 9.17) is 11.6 Å². The van der Waals surface area contributed by atoms with Crippen LogP contribution in [0.4, 0.5) is 5.69 Å². The normalized spacial score (nSPS) is 14.7. The molecule has 0 amide bonds. The van der Waals surface area contributed by atoms with Crippen molar-refractivity contribution in [2.75, 3.05) is 5.32 Å². The van der Waals surface area contributed by atoms with Crippen molar-refractivity contribution < 1.29 is 13.2 Å². The van der Waals surface area contributed by atoms with Gasteiger partial charge in [-0.25, -0.2) is 0 Å². The van der Waals surface area contributed by atoms with Crippen LogP contribution in [-0.2, 0) is 10.0 Å². The zero-order valence-electron chi connectivity index (χ0n) is 18.1. The number of carbonyl (C=O) groups is 1. The second-order valence-electron chi connectivity index (χ2n) is 7.98. The molecule has 34 heavy (non-hydrogen) atoms. The summed E-state index contributed by atoms with van der Waals surface area (Å²) >= 11 is 6.13. The van der Waals surface area contributed by atoms with Crippen LogP contribution in [0.5, 0.6) is 0 Å². The van der Waals surface area contributed by atoms with Crippen LogP contribution in [0.3, 0.4) is 0 Å². The molecule has 1 N–H and O–H groups in total. The van der Waals surface area contributed by atoms with Gasteiger partial charge in [0.1, 0.15) is 0 Å². The van der Waals surface area contributed by atoms with Crippen LogP contribution < -0.4 is 5.32 Å². The van der Waals surface area contributed by atoms with Crippen molar-refractivity contribution in [3.63, 3.8) is 0 Å². The van der Waals surface area contributed by atoms with Crippen LogP contribution in [0.15, 0.2) is 106 Å². The van der Waals surface area contributed by atoms with Gasteiger partial charge in [0.05, 0.1) is 16.3 Å². The number of hydrogen-bond donors (Lipinski definition) is 1. The molecule has 0 atom stereocenters. The van der Waals surface area contributed by atoms with Crippen LogP contribution in [0.25, 0.3) is 10.8 Å². The van der Waals surface area contributed by atoms with Gasteiger partial charge in [0, 0.05) is 21.8 Å². The number of carbonyl (C=O) groups excluding carboxylic acids is 1. The van der Waals surface area contributed by atoms with Gasteiger partial charge in [-0.3, -0.25) is 4.79 Å². The minimum atomic E-state index is -4.04. The molecule has 0 unspecified atom stereocenters. The van der Waals surface area contributed by atoms with Crippen LogP contribution >= 0.6 is 11.6 Å². The molecule has 1 aliphatic rings. The predicted molar refractivity (Wildman–Crippen MR) is 136 cm³/mol. The standard InChI is InChI=1S/C27H19ClN2O3S/c1-17-10-12-20(28)15-24(17)29-26-16-25(22-8-4-5-9-23(22)27(26)31)30-34(32,33)21-13-11-18-6-2-3-7-19(18)14-21/h2-16,29H,1H3/b30-25-. The van der Waals surface area contributed by atoms with Crippen molar-refractivity contribution in [2.24, 2.45) is 4.40 Å². The fourth-order valence-electron chi connectivity index (χ4n) is 3.88. The second kappa shape index (κ2) is 8.56. The van der Waals surface area contributed by atoms with Gasteiger partial charge in [-0.15, -0.1) is 0 Å². The summed E-state index contributed by atoms with van der Waals surface area (Å²) in [5.74, 6) is -0.253. The van der Waals surface area contributed by atoms with E-state index < -0.39 is 10.0 Å². The summed E-state index contributed by atoms with van der Waals surface area (Å²) < 4.78 is 30.7. The van der Waals surface area contributed by atoms with Crippen LogP contribution in [0.1, 0.15) is 21.5 Å². The maximum atomic E-state index is 13.3. The number of anilines is 1. The summed E-state index contributed by atoms with van der Waals surface area (Å²) in [5, 5.41) is 5.37. The van der Waals surface area contributed by atoms with Crippen molar-refractivity contribution in [2.45, 2.75) is 11.8 Å². The molecule has 5 nitrogen and oxygen atoms in total.